The van der Waals surface area contributed by atoms with Crippen LogP contribution in [0.1, 0.15) is 53.6 Å². The number of amides is 4. The van der Waals surface area contributed by atoms with E-state index in [2.05, 4.69) is 21.2 Å². The van der Waals surface area contributed by atoms with Crippen molar-refractivity contribution >= 4 is 29.5 Å². The van der Waals surface area contributed by atoms with Gasteiger partial charge >= 0.3 is 6.09 Å². The van der Waals surface area contributed by atoms with E-state index in [-0.39, 0.29) is 30.2 Å². The minimum Gasteiger partial charge on any atom is -0.445 e. The third kappa shape index (κ3) is 6.28. The van der Waals surface area contributed by atoms with E-state index in [1.165, 1.54) is 0 Å². The van der Waals surface area contributed by atoms with Crippen LogP contribution in [0.25, 0.3) is 0 Å². The van der Waals surface area contributed by atoms with Gasteiger partial charge in [-0.1, -0.05) is 30.3 Å². The molecule has 1 N–H and O–H groups in total. The molecule has 222 valence electrons. The molecule has 2 aromatic carbocycles. The molecule has 0 saturated carbocycles. The van der Waals surface area contributed by atoms with Crippen LogP contribution < -0.4 is 10.2 Å². The van der Waals surface area contributed by atoms with Crippen molar-refractivity contribution < 1.29 is 23.9 Å². The summed E-state index contributed by atoms with van der Waals surface area (Å²) in [4.78, 5) is 57.6. The van der Waals surface area contributed by atoms with Gasteiger partial charge in [0.2, 0.25) is 11.8 Å². The van der Waals surface area contributed by atoms with E-state index >= 15 is 0 Å². The van der Waals surface area contributed by atoms with Crippen molar-refractivity contribution in [2.75, 3.05) is 50.7 Å². The maximum atomic E-state index is 13.0. The fourth-order valence-electron chi connectivity index (χ4n) is 6.57. The molecular weight excluding hydrogens is 534 g/mol. The minimum absolute atomic E-state index is 0.130. The number of piperidine rings is 2. The lowest BCUT2D eigenvalue weighted by molar-refractivity contribution is -0.136. The van der Waals surface area contributed by atoms with Gasteiger partial charge in [0.05, 0.1) is 0 Å². The number of imide groups is 1. The Kier molecular flexibility index (Phi) is 8.41. The summed E-state index contributed by atoms with van der Waals surface area (Å²) in [6.07, 6.45) is 3.82. The van der Waals surface area contributed by atoms with Crippen molar-refractivity contribution in [1.82, 2.24) is 20.0 Å². The second-order valence-corrected chi connectivity index (χ2v) is 11.8. The molecule has 4 amide bonds. The molecule has 1 unspecified atom stereocenters. The number of ether oxygens (including phenoxy) is 1. The van der Waals surface area contributed by atoms with Crippen molar-refractivity contribution in [3.8, 4) is 0 Å². The second-order valence-electron chi connectivity index (χ2n) is 11.8. The smallest absolute Gasteiger partial charge is 0.410 e. The molecule has 42 heavy (non-hydrogen) atoms. The van der Waals surface area contributed by atoms with Gasteiger partial charge in [-0.2, -0.15) is 0 Å². The predicted molar refractivity (Wildman–Crippen MR) is 157 cm³/mol. The van der Waals surface area contributed by atoms with Crippen molar-refractivity contribution in [3.05, 3.63) is 65.2 Å². The molecule has 3 fully saturated rings. The molecule has 0 aliphatic carbocycles. The van der Waals surface area contributed by atoms with Crippen LogP contribution >= 0.6 is 0 Å². The summed E-state index contributed by atoms with van der Waals surface area (Å²) >= 11 is 0. The van der Waals surface area contributed by atoms with Gasteiger partial charge < -0.3 is 19.4 Å². The first-order valence-electron chi connectivity index (χ1n) is 15.1. The van der Waals surface area contributed by atoms with Crippen LogP contribution in [0, 0.1) is 5.92 Å². The molecule has 10 heteroatoms. The lowest BCUT2D eigenvalue weighted by Crippen LogP contribution is -2.52. The van der Waals surface area contributed by atoms with Gasteiger partial charge in [-0.3, -0.25) is 24.6 Å². The Labute approximate surface area is 246 Å². The Morgan fingerprint density at radius 3 is 2.40 bits per heavy atom. The number of benzene rings is 2. The number of carbonyl (C=O) groups excluding carboxylic acids is 4. The van der Waals surface area contributed by atoms with Crippen LogP contribution in [0.2, 0.25) is 0 Å². The summed E-state index contributed by atoms with van der Waals surface area (Å²) in [7, 11) is 0. The summed E-state index contributed by atoms with van der Waals surface area (Å²) in [5.74, 6) is -0.104. The molecule has 1 atom stereocenters. The molecule has 4 heterocycles. The average molecular weight is 574 g/mol. The zero-order chi connectivity index (χ0) is 29.1. The van der Waals surface area contributed by atoms with Crippen LogP contribution in [0.3, 0.4) is 0 Å². The van der Waals surface area contributed by atoms with Gasteiger partial charge in [0.1, 0.15) is 12.6 Å². The maximum absolute atomic E-state index is 13.0. The number of fused-ring (bicyclic) bond motifs is 1. The van der Waals surface area contributed by atoms with E-state index in [0.717, 1.165) is 68.8 Å². The topological polar surface area (TPSA) is 102 Å². The first kappa shape index (κ1) is 28.2. The van der Waals surface area contributed by atoms with E-state index in [9.17, 15) is 19.2 Å². The molecular formula is C32H39N5O5. The first-order valence-corrected chi connectivity index (χ1v) is 15.1. The Hall–Kier alpha value is -3.92. The highest BCUT2D eigenvalue weighted by Crippen LogP contribution is 2.32. The van der Waals surface area contributed by atoms with Gasteiger partial charge in [-0.05, 0) is 67.5 Å². The number of nitrogens with one attached hydrogen (secondary N) is 1. The highest BCUT2D eigenvalue weighted by Gasteiger charge is 2.39. The van der Waals surface area contributed by atoms with E-state index in [4.69, 9.17) is 4.74 Å². The van der Waals surface area contributed by atoms with Crippen molar-refractivity contribution in [1.29, 1.82) is 0 Å². The lowest BCUT2D eigenvalue weighted by atomic mass is 9.92. The zero-order valence-corrected chi connectivity index (χ0v) is 24.0. The average Bonchev–Trinajstić information content (AvgIpc) is 3.35. The highest BCUT2D eigenvalue weighted by atomic mass is 16.6. The lowest BCUT2D eigenvalue weighted by Gasteiger charge is -2.37. The van der Waals surface area contributed by atoms with E-state index < -0.39 is 6.04 Å². The molecule has 0 bridgehead atoms. The number of rotatable bonds is 7. The summed E-state index contributed by atoms with van der Waals surface area (Å²) in [5.41, 5.74) is 3.73. The zero-order valence-electron chi connectivity index (χ0n) is 24.0. The summed E-state index contributed by atoms with van der Waals surface area (Å²) in [6, 6.07) is 15.2. The third-order valence-electron chi connectivity index (χ3n) is 9.18. The van der Waals surface area contributed by atoms with Crippen LogP contribution in [0.4, 0.5) is 10.5 Å². The largest absolute Gasteiger partial charge is 0.445 e. The number of hydrogen-bond donors (Lipinski definition) is 1. The molecule has 10 nitrogen and oxygen atoms in total. The van der Waals surface area contributed by atoms with Crippen molar-refractivity contribution in [2.45, 2.75) is 51.3 Å². The fraction of sp³-hybridized carbons (Fsp3) is 0.500. The third-order valence-corrected chi connectivity index (χ3v) is 9.18. The summed E-state index contributed by atoms with van der Waals surface area (Å²) in [5, 5.41) is 2.36. The Balaban J connectivity index is 0.921. The summed E-state index contributed by atoms with van der Waals surface area (Å²) < 4.78 is 5.49. The SMILES string of the molecule is O=C1CCC(N2Cc3cc(N4CCC(CCN5CCN(C(=O)OCc6ccccc6)CC5)CC4)ccc3C2=O)C(=O)N1. The van der Waals surface area contributed by atoms with E-state index in [1.54, 1.807) is 4.90 Å². The molecule has 2 aromatic rings. The van der Waals surface area contributed by atoms with Crippen molar-refractivity contribution in [3.63, 3.8) is 0 Å². The van der Waals surface area contributed by atoms with Crippen molar-refractivity contribution in [2.24, 2.45) is 5.92 Å². The Bertz CT molecular complexity index is 1320. The maximum Gasteiger partial charge on any atom is 0.410 e. The number of carbonyl (C=O) groups is 4. The van der Waals surface area contributed by atoms with Crippen LogP contribution in [-0.2, 0) is 27.5 Å². The Morgan fingerprint density at radius 2 is 1.67 bits per heavy atom. The first-order chi connectivity index (χ1) is 20.4. The number of hydrogen-bond acceptors (Lipinski definition) is 7. The van der Waals surface area contributed by atoms with Gasteiger partial charge in [0.15, 0.2) is 0 Å². The van der Waals surface area contributed by atoms with Gasteiger partial charge in [-0.25, -0.2) is 4.79 Å². The molecule has 3 saturated heterocycles. The molecule has 0 radical (unpaired) electrons. The normalized spacial score (nSPS) is 21.9. The molecule has 4 aliphatic heterocycles. The minimum atomic E-state index is -0.585. The van der Waals surface area contributed by atoms with Crippen LogP contribution in [0.5, 0.6) is 0 Å². The fourth-order valence-corrected chi connectivity index (χ4v) is 6.57. The van der Waals surface area contributed by atoms with Gasteiger partial charge in [0, 0.05) is 63.5 Å². The Morgan fingerprint density at radius 1 is 0.905 bits per heavy atom. The standard InChI is InChI=1S/C32H39N5O5/c38-29-9-8-28(30(39)33-29)37-21-25-20-26(6-7-27(25)31(37)40)35-14-11-23(12-15-35)10-13-34-16-18-36(19-17-34)32(41)42-22-24-4-2-1-3-5-24/h1-7,20,23,28H,8-19,21-22H2,(H,33,38,39). The molecule has 0 aromatic heterocycles. The summed E-state index contributed by atoms with van der Waals surface area (Å²) in [6.45, 7) is 6.89. The quantitative estimate of drug-likeness (QED) is 0.508. The number of nitrogens with zero attached hydrogens (tertiary/aromatic N) is 4. The monoisotopic (exact) mass is 573 g/mol. The van der Waals surface area contributed by atoms with Crippen LogP contribution in [-0.4, -0.2) is 90.4 Å². The molecule has 6 rings (SSSR count). The number of anilines is 1. The van der Waals surface area contributed by atoms with Gasteiger partial charge in [0.25, 0.3) is 5.91 Å². The highest BCUT2D eigenvalue weighted by molar-refractivity contribution is 6.05. The number of piperazine rings is 1. The van der Waals surface area contributed by atoms with E-state index in [1.807, 2.05) is 47.4 Å². The van der Waals surface area contributed by atoms with Gasteiger partial charge in [-0.15, -0.1) is 0 Å². The van der Waals surface area contributed by atoms with Crippen LogP contribution in [0.15, 0.2) is 48.5 Å². The molecule has 0 spiro atoms. The predicted octanol–water partition coefficient (Wildman–Crippen LogP) is 3.01. The van der Waals surface area contributed by atoms with E-state index in [0.29, 0.717) is 44.1 Å². The molecule has 4 aliphatic rings. The second kappa shape index (κ2) is 12.5.